The molecule has 106 valence electrons. The Labute approximate surface area is 108 Å². The van der Waals surface area contributed by atoms with Gasteiger partial charge in [0.15, 0.2) is 0 Å². The lowest BCUT2D eigenvalue weighted by atomic mass is 10.1. The molecular weight excluding hydrogens is 236 g/mol. The van der Waals surface area contributed by atoms with Crippen molar-refractivity contribution in [1.82, 2.24) is 5.32 Å². The Morgan fingerprint density at radius 2 is 2.00 bits per heavy atom. The zero-order valence-electron chi connectivity index (χ0n) is 11.6. The molecule has 0 aromatic heterocycles. The van der Waals surface area contributed by atoms with Gasteiger partial charge in [-0.15, -0.1) is 10.1 Å². The van der Waals surface area contributed by atoms with Crippen LogP contribution in [-0.2, 0) is 9.63 Å². The van der Waals surface area contributed by atoms with Crippen LogP contribution in [0.4, 0.5) is 0 Å². The third kappa shape index (κ3) is 7.86. The van der Waals surface area contributed by atoms with E-state index in [9.17, 15) is 14.9 Å². The number of rotatable bonds is 9. The highest BCUT2D eigenvalue weighted by Gasteiger charge is 2.13. The molecule has 1 amide bonds. The molecule has 0 aliphatic heterocycles. The number of nitrogens with zero attached hydrogens (tertiary/aromatic N) is 1. The van der Waals surface area contributed by atoms with Crippen LogP contribution in [0.15, 0.2) is 0 Å². The van der Waals surface area contributed by atoms with Gasteiger partial charge in [0.05, 0.1) is 0 Å². The van der Waals surface area contributed by atoms with Crippen LogP contribution in [0.2, 0.25) is 0 Å². The zero-order chi connectivity index (χ0) is 14.1. The van der Waals surface area contributed by atoms with Gasteiger partial charge in [-0.05, 0) is 32.1 Å². The number of nitrogens with one attached hydrogen (secondary N) is 1. The smallest absolute Gasteiger partial charge is 0.294 e. The van der Waals surface area contributed by atoms with Crippen LogP contribution in [0.5, 0.6) is 0 Å². The van der Waals surface area contributed by atoms with E-state index in [0.717, 1.165) is 0 Å². The largest absolute Gasteiger partial charge is 0.353 e. The normalized spacial score (nSPS) is 14.1. The van der Waals surface area contributed by atoms with Crippen LogP contribution in [0, 0.1) is 16.0 Å². The Bertz CT molecular complexity index is 269. The predicted octanol–water partition coefficient (Wildman–Crippen LogP) is 2.30. The quantitative estimate of drug-likeness (QED) is 0.509. The first kappa shape index (κ1) is 16.7. The third-order valence-electron chi connectivity index (χ3n) is 3.01. The summed E-state index contributed by atoms with van der Waals surface area (Å²) in [6, 6.07) is 0.148. The van der Waals surface area contributed by atoms with Gasteiger partial charge in [0.25, 0.3) is 5.09 Å². The second-order valence-corrected chi connectivity index (χ2v) is 4.85. The molecule has 0 rings (SSSR count). The Morgan fingerprint density at radius 3 is 2.44 bits per heavy atom. The van der Waals surface area contributed by atoms with Crippen molar-refractivity contribution < 1.29 is 14.7 Å². The highest BCUT2D eigenvalue weighted by atomic mass is 17.0. The Balaban J connectivity index is 3.82. The van der Waals surface area contributed by atoms with Gasteiger partial charge < -0.3 is 10.2 Å². The topological polar surface area (TPSA) is 81.5 Å². The number of hydrogen-bond donors (Lipinski definition) is 1. The summed E-state index contributed by atoms with van der Waals surface area (Å²) in [4.78, 5) is 26.2. The van der Waals surface area contributed by atoms with E-state index < -0.39 is 11.2 Å². The molecule has 1 N–H and O–H groups in total. The van der Waals surface area contributed by atoms with Crippen LogP contribution in [-0.4, -0.2) is 23.1 Å². The predicted molar refractivity (Wildman–Crippen MR) is 68.5 cm³/mol. The maximum atomic E-state index is 11.6. The molecular formula is C12H24N2O4. The number of amides is 1. The Hall–Kier alpha value is -1.33. The molecule has 0 aliphatic carbocycles. The number of carbonyl (C=O) groups excluding carboxylic acids is 1. The molecule has 0 spiro atoms. The molecule has 0 heterocycles. The molecule has 6 nitrogen and oxygen atoms in total. The molecule has 2 atom stereocenters. The van der Waals surface area contributed by atoms with Crippen molar-refractivity contribution in [2.24, 2.45) is 5.92 Å². The Morgan fingerprint density at radius 1 is 1.39 bits per heavy atom. The molecule has 0 bridgehead atoms. The van der Waals surface area contributed by atoms with E-state index in [2.05, 4.69) is 10.2 Å². The average Bonchev–Trinajstić information content (AvgIpc) is 2.26. The molecule has 0 saturated carbocycles. The van der Waals surface area contributed by atoms with Crippen molar-refractivity contribution in [2.75, 3.05) is 0 Å². The van der Waals surface area contributed by atoms with Gasteiger partial charge in [-0.2, -0.15) is 0 Å². The number of hydrogen-bond acceptors (Lipinski definition) is 4. The molecule has 0 aromatic rings. The van der Waals surface area contributed by atoms with Crippen molar-refractivity contribution in [3.8, 4) is 0 Å². The van der Waals surface area contributed by atoms with Crippen LogP contribution in [0.25, 0.3) is 0 Å². The minimum absolute atomic E-state index is 0.00726. The highest BCUT2D eigenvalue weighted by Crippen LogP contribution is 2.09. The van der Waals surface area contributed by atoms with Crippen LogP contribution in [0.3, 0.4) is 0 Å². The van der Waals surface area contributed by atoms with Gasteiger partial charge in [-0.1, -0.05) is 20.8 Å². The summed E-state index contributed by atoms with van der Waals surface area (Å²) < 4.78 is 0. The summed E-state index contributed by atoms with van der Waals surface area (Å²) in [6.45, 7) is 7.88. The fourth-order valence-corrected chi connectivity index (χ4v) is 1.44. The first-order chi connectivity index (χ1) is 8.36. The lowest BCUT2D eigenvalue weighted by Gasteiger charge is -2.17. The summed E-state index contributed by atoms with van der Waals surface area (Å²) in [5.41, 5.74) is 0. The van der Waals surface area contributed by atoms with E-state index in [-0.39, 0.29) is 11.9 Å². The van der Waals surface area contributed by atoms with Gasteiger partial charge in [0.1, 0.15) is 6.10 Å². The first-order valence-corrected chi connectivity index (χ1v) is 6.47. The number of carbonyl (C=O) groups is 1. The van der Waals surface area contributed by atoms with Gasteiger partial charge in [-0.3, -0.25) is 4.79 Å². The molecule has 6 heteroatoms. The maximum Gasteiger partial charge on any atom is 0.294 e. The Kier molecular flexibility index (Phi) is 8.07. The van der Waals surface area contributed by atoms with Gasteiger partial charge in [0.2, 0.25) is 5.91 Å². The monoisotopic (exact) mass is 260 g/mol. The fourth-order valence-electron chi connectivity index (χ4n) is 1.44. The molecule has 18 heavy (non-hydrogen) atoms. The average molecular weight is 260 g/mol. The van der Waals surface area contributed by atoms with E-state index >= 15 is 0 Å². The summed E-state index contributed by atoms with van der Waals surface area (Å²) in [7, 11) is 0. The maximum absolute atomic E-state index is 11.6. The van der Waals surface area contributed by atoms with Crippen LogP contribution in [0.1, 0.15) is 53.4 Å². The second kappa shape index (κ2) is 8.72. The summed E-state index contributed by atoms with van der Waals surface area (Å²) >= 11 is 0. The SMILES string of the molecule is CCC(CCCC(=O)NC(C)C(C)C)O[N+](=O)[O-]. The second-order valence-electron chi connectivity index (χ2n) is 4.85. The van der Waals surface area contributed by atoms with Crippen LogP contribution < -0.4 is 5.32 Å². The minimum atomic E-state index is -0.769. The van der Waals surface area contributed by atoms with Crippen molar-refractivity contribution in [1.29, 1.82) is 0 Å². The third-order valence-corrected chi connectivity index (χ3v) is 3.01. The lowest BCUT2D eigenvalue weighted by molar-refractivity contribution is -0.768. The minimum Gasteiger partial charge on any atom is -0.353 e. The van der Waals surface area contributed by atoms with Crippen molar-refractivity contribution in [2.45, 2.75) is 65.5 Å². The molecule has 2 unspecified atom stereocenters. The van der Waals surface area contributed by atoms with Gasteiger partial charge in [-0.25, -0.2) is 0 Å². The van der Waals surface area contributed by atoms with E-state index in [0.29, 0.717) is 31.6 Å². The van der Waals surface area contributed by atoms with E-state index in [1.807, 2.05) is 27.7 Å². The lowest BCUT2D eigenvalue weighted by Crippen LogP contribution is -2.36. The molecule has 0 aliphatic rings. The van der Waals surface area contributed by atoms with E-state index in [1.165, 1.54) is 0 Å². The fraction of sp³-hybridized carbons (Fsp3) is 0.917. The first-order valence-electron chi connectivity index (χ1n) is 6.47. The summed E-state index contributed by atoms with van der Waals surface area (Å²) in [6.07, 6.45) is 1.68. The van der Waals surface area contributed by atoms with Gasteiger partial charge >= 0.3 is 0 Å². The van der Waals surface area contributed by atoms with Crippen LogP contribution >= 0.6 is 0 Å². The molecule has 0 aromatic carbocycles. The van der Waals surface area contributed by atoms with Crippen molar-refractivity contribution in [3.05, 3.63) is 10.1 Å². The molecule has 0 saturated heterocycles. The summed E-state index contributed by atoms with van der Waals surface area (Å²) in [5, 5.41) is 12.3. The molecule has 0 fully saturated rings. The van der Waals surface area contributed by atoms with Crippen molar-refractivity contribution >= 4 is 5.91 Å². The summed E-state index contributed by atoms with van der Waals surface area (Å²) in [5.74, 6) is 0.391. The van der Waals surface area contributed by atoms with Gasteiger partial charge in [0, 0.05) is 12.5 Å². The highest BCUT2D eigenvalue weighted by molar-refractivity contribution is 5.76. The zero-order valence-corrected chi connectivity index (χ0v) is 11.6. The van der Waals surface area contributed by atoms with Crippen molar-refractivity contribution in [3.63, 3.8) is 0 Å². The van der Waals surface area contributed by atoms with E-state index in [4.69, 9.17) is 0 Å². The standard InChI is InChI=1S/C12H24N2O4/c1-5-11(18-14(16)17)7-6-8-12(15)13-10(4)9(2)3/h9-11H,5-8H2,1-4H3,(H,13,15). The molecule has 0 radical (unpaired) electrons. The van der Waals surface area contributed by atoms with E-state index in [1.54, 1.807) is 0 Å².